The number of ether oxygens (including phenoxy) is 2. The fourth-order valence-corrected chi connectivity index (χ4v) is 5.64. The Morgan fingerprint density at radius 1 is 0.957 bits per heavy atom. The Hall–Kier alpha value is -4.90. The Balaban J connectivity index is 1.24. The van der Waals surface area contributed by atoms with Crippen molar-refractivity contribution < 1.29 is 32.2 Å². The van der Waals surface area contributed by atoms with Crippen molar-refractivity contribution in [3.8, 4) is 11.4 Å². The van der Waals surface area contributed by atoms with Crippen LogP contribution in [0.3, 0.4) is 0 Å². The van der Waals surface area contributed by atoms with Crippen LogP contribution in [-0.2, 0) is 16.0 Å². The lowest BCUT2D eigenvalue weighted by Crippen LogP contribution is -2.41. The molecule has 8 nitrogen and oxygen atoms in total. The molecule has 1 heterocycles. The number of hydrogen-bond donors (Lipinski definition) is 2. The predicted octanol–water partition coefficient (Wildman–Crippen LogP) is 5.83. The number of esters is 1. The van der Waals surface area contributed by atoms with Crippen LogP contribution in [0, 0.1) is 24.4 Å². The predicted molar refractivity (Wildman–Crippen MR) is 171 cm³/mol. The summed E-state index contributed by atoms with van der Waals surface area (Å²) in [5.74, 6) is -4.32. The number of hydrogen-bond acceptors (Lipinski definition) is 7. The lowest BCUT2D eigenvalue weighted by atomic mass is 10.0. The van der Waals surface area contributed by atoms with Gasteiger partial charge in [-0.25, -0.2) is 13.2 Å². The fraction of sp³-hybridized carbons (Fsp3) is 0.306. The molecule has 0 amide bonds. The molecule has 3 N–H and O–H groups in total. The van der Waals surface area contributed by atoms with Gasteiger partial charge in [0.2, 0.25) is 0 Å². The maximum Gasteiger partial charge on any atom is 0.323 e. The van der Waals surface area contributed by atoms with E-state index in [0.29, 0.717) is 24.0 Å². The first-order valence-electron chi connectivity index (χ1n) is 15.5. The van der Waals surface area contributed by atoms with E-state index in [-0.39, 0.29) is 41.1 Å². The lowest BCUT2D eigenvalue weighted by molar-refractivity contribution is -0.151. The van der Waals surface area contributed by atoms with Crippen molar-refractivity contribution in [1.29, 1.82) is 0 Å². The highest BCUT2D eigenvalue weighted by atomic mass is 19.1. The Kier molecular flexibility index (Phi) is 10.8. The molecular weight excluding hydrogens is 611 g/mol. The standard InChI is InChI=1S/C36H36F3N3O5/c1-22-18-24(12-14-28(22)37)34(44)27-13-15-32(43)42(35(27)40)33-29(38)20-26(21-30(33)39)46-17-7-16-41-31(19-23-8-3-2-4-9-23)36(45)47-25-10-5-6-11-25/h2-4,8-9,12-15,18,20-21,25,31,41H,5-7,10-11,16-17,19,40H2,1H3/t31-/m0/s1. The molecule has 5 rings (SSSR count). The molecular formula is C36H36F3N3O5. The Morgan fingerprint density at radius 3 is 2.34 bits per heavy atom. The number of aryl methyl sites for hydroxylation is 1. The molecule has 11 heteroatoms. The van der Waals surface area contributed by atoms with Crippen molar-refractivity contribution in [2.24, 2.45) is 0 Å². The zero-order valence-electron chi connectivity index (χ0n) is 25.9. The maximum atomic E-state index is 15.3. The average Bonchev–Trinajstić information content (AvgIpc) is 3.56. The second-order valence-electron chi connectivity index (χ2n) is 11.6. The summed E-state index contributed by atoms with van der Waals surface area (Å²) in [5, 5.41) is 3.23. The average molecular weight is 648 g/mol. The van der Waals surface area contributed by atoms with E-state index in [1.807, 2.05) is 30.3 Å². The number of ketones is 1. The van der Waals surface area contributed by atoms with Gasteiger partial charge in [0.25, 0.3) is 5.56 Å². The van der Waals surface area contributed by atoms with Crippen LogP contribution in [-0.4, -0.2) is 41.6 Å². The molecule has 0 aliphatic heterocycles. The first-order valence-corrected chi connectivity index (χ1v) is 15.5. The first-order chi connectivity index (χ1) is 22.6. The van der Waals surface area contributed by atoms with E-state index in [1.165, 1.54) is 19.1 Å². The molecule has 0 saturated heterocycles. The molecule has 3 aromatic carbocycles. The van der Waals surface area contributed by atoms with E-state index in [2.05, 4.69) is 5.32 Å². The summed E-state index contributed by atoms with van der Waals surface area (Å²) in [4.78, 5) is 38.8. The van der Waals surface area contributed by atoms with Crippen molar-refractivity contribution >= 4 is 17.6 Å². The Bertz CT molecular complexity index is 1780. The van der Waals surface area contributed by atoms with Gasteiger partial charge < -0.3 is 20.5 Å². The number of benzene rings is 3. The Morgan fingerprint density at radius 2 is 1.66 bits per heavy atom. The molecule has 0 radical (unpaired) electrons. The fourth-order valence-electron chi connectivity index (χ4n) is 5.64. The molecule has 1 fully saturated rings. The highest BCUT2D eigenvalue weighted by Crippen LogP contribution is 2.27. The van der Waals surface area contributed by atoms with Crippen molar-refractivity contribution in [3.05, 3.63) is 123 Å². The van der Waals surface area contributed by atoms with Gasteiger partial charge in [0.15, 0.2) is 17.4 Å². The normalized spacial score (nSPS) is 13.8. The van der Waals surface area contributed by atoms with Gasteiger partial charge in [0.05, 0.1) is 12.2 Å². The van der Waals surface area contributed by atoms with Gasteiger partial charge in [-0.1, -0.05) is 30.3 Å². The van der Waals surface area contributed by atoms with E-state index in [0.717, 1.165) is 61.6 Å². The van der Waals surface area contributed by atoms with Crippen LogP contribution in [0.15, 0.2) is 77.6 Å². The third-order valence-electron chi connectivity index (χ3n) is 8.14. The van der Waals surface area contributed by atoms with Crippen LogP contribution in [0.1, 0.15) is 59.2 Å². The SMILES string of the molecule is Cc1cc(C(=O)c2ccc(=O)n(-c3c(F)cc(OCCCN[C@@H](Cc4ccccc4)C(=O)OC4CCCC4)cc3F)c2N)ccc1F. The first kappa shape index (κ1) is 33.5. The van der Waals surface area contributed by atoms with Crippen molar-refractivity contribution in [1.82, 2.24) is 9.88 Å². The number of rotatable bonds is 13. The topological polar surface area (TPSA) is 113 Å². The number of carbonyl (C=O) groups is 2. The molecule has 0 spiro atoms. The minimum Gasteiger partial charge on any atom is -0.493 e. The monoisotopic (exact) mass is 647 g/mol. The van der Waals surface area contributed by atoms with Crippen LogP contribution >= 0.6 is 0 Å². The van der Waals surface area contributed by atoms with Crippen LogP contribution in [0.2, 0.25) is 0 Å². The molecule has 0 unspecified atom stereocenters. The molecule has 1 saturated carbocycles. The Labute approximate surface area is 270 Å². The summed E-state index contributed by atoms with van der Waals surface area (Å²) in [7, 11) is 0. The van der Waals surface area contributed by atoms with Crippen LogP contribution in [0.4, 0.5) is 19.0 Å². The van der Waals surface area contributed by atoms with Gasteiger partial charge in [-0.2, -0.15) is 0 Å². The molecule has 47 heavy (non-hydrogen) atoms. The summed E-state index contributed by atoms with van der Waals surface area (Å²) in [6, 6.07) is 16.7. The van der Waals surface area contributed by atoms with E-state index < -0.39 is 46.3 Å². The molecule has 1 aliphatic rings. The minimum absolute atomic E-state index is 0.0630. The number of nitrogens with two attached hydrogens (primary N) is 1. The van der Waals surface area contributed by atoms with Crippen molar-refractivity contribution in [2.75, 3.05) is 18.9 Å². The number of nitrogens with zero attached hydrogens (tertiary/aromatic N) is 1. The third-order valence-corrected chi connectivity index (χ3v) is 8.14. The second kappa shape index (κ2) is 15.1. The minimum atomic E-state index is -1.13. The number of anilines is 1. The highest BCUT2D eigenvalue weighted by Gasteiger charge is 2.26. The number of nitrogens with one attached hydrogen (secondary N) is 1. The molecule has 1 atom stereocenters. The number of carbonyl (C=O) groups excluding carboxylic acids is 2. The largest absolute Gasteiger partial charge is 0.493 e. The summed E-state index contributed by atoms with van der Waals surface area (Å²) in [5.41, 5.74) is 5.61. The summed E-state index contributed by atoms with van der Waals surface area (Å²) < 4.78 is 56.3. The third kappa shape index (κ3) is 8.10. The van der Waals surface area contributed by atoms with E-state index in [1.54, 1.807) is 0 Å². The van der Waals surface area contributed by atoms with Gasteiger partial charge in [-0.3, -0.25) is 19.0 Å². The summed E-state index contributed by atoms with van der Waals surface area (Å²) in [6.07, 6.45) is 4.61. The quantitative estimate of drug-likeness (QED) is 0.107. The van der Waals surface area contributed by atoms with Gasteiger partial charge in [0, 0.05) is 23.8 Å². The van der Waals surface area contributed by atoms with Gasteiger partial charge in [-0.05, 0) is 87.4 Å². The van der Waals surface area contributed by atoms with Crippen LogP contribution in [0.5, 0.6) is 5.75 Å². The smallest absolute Gasteiger partial charge is 0.323 e. The van der Waals surface area contributed by atoms with Crippen LogP contribution in [0.25, 0.3) is 5.69 Å². The number of halogens is 3. The number of nitrogen functional groups attached to an aromatic ring is 1. The second-order valence-corrected chi connectivity index (χ2v) is 11.6. The van der Waals surface area contributed by atoms with Gasteiger partial charge in [0.1, 0.15) is 35.2 Å². The van der Waals surface area contributed by atoms with Gasteiger partial charge >= 0.3 is 5.97 Å². The zero-order valence-corrected chi connectivity index (χ0v) is 25.9. The molecule has 246 valence electrons. The van der Waals surface area contributed by atoms with Crippen LogP contribution < -0.4 is 21.3 Å². The molecule has 1 aliphatic carbocycles. The summed E-state index contributed by atoms with van der Waals surface area (Å²) in [6.45, 7) is 1.93. The molecule has 1 aromatic heterocycles. The molecule has 0 bridgehead atoms. The number of pyridine rings is 1. The van der Waals surface area contributed by atoms with Gasteiger partial charge in [-0.15, -0.1) is 0 Å². The summed E-state index contributed by atoms with van der Waals surface area (Å²) >= 11 is 0. The maximum absolute atomic E-state index is 15.3. The van der Waals surface area contributed by atoms with Crippen molar-refractivity contribution in [2.45, 2.75) is 57.6 Å². The molecule has 4 aromatic rings. The van der Waals surface area contributed by atoms with E-state index in [4.69, 9.17) is 15.2 Å². The highest BCUT2D eigenvalue weighted by molar-refractivity contribution is 6.11. The lowest BCUT2D eigenvalue weighted by Gasteiger charge is -2.20. The van der Waals surface area contributed by atoms with E-state index in [9.17, 15) is 18.8 Å². The number of aromatic nitrogens is 1. The van der Waals surface area contributed by atoms with Crippen molar-refractivity contribution in [3.63, 3.8) is 0 Å². The zero-order chi connectivity index (χ0) is 33.5. The van der Waals surface area contributed by atoms with E-state index >= 15 is 8.78 Å².